The summed E-state index contributed by atoms with van der Waals surface area (Å²) in [5, 5.41) is 5.66. The Morgan fingerprint density at radius 3 is 2.74 bits per heavy atom. The van der Waals surface area contributed by atoms with Crippen molar-refractivity contribution in [3.8, 4) is 0 Å². The van der Waals surface area contributed by atoms with Crippen LogP contribution in [0.5, 0.6) is 0 Å². The number of fused-ring (bicyclic) bond motifs is 1. The number of benzene rings is 1. The maximum absolute atomic E-state index is 13.3. The number of thiazole rings is 1. The lowest BCUT2D eigenvalue weighted by molar-refractivity contribution is 0.0974. The van der Waals surface area contributed by atoms with E-state index >= 15 is 0 Å². The average molecular weight is 406 g/mol. The van der Waals surface area contributed by atoms with E-state index in [0.717, 1.165) is 23.2 Å². The zero-order valence-electron chi connectivity index (χ0n) is 16.0. The van der Waals surface area contributed by atoms with Gasteiger partial charge in [0.05, 0.1) is 10.2 Å². The molecular formula is C19H24ClN5OS. The standard InChI is InChI=1S/C19H24ClN5OS/c1-13(2)25-16(8-9-21-25)18(26)24(11-5-10-23(3)4)19-22-15-7-6-14(20)12-17(15)27-19/h6-9,12-13H,5,10-11H2,1-4H3. The number of carbonyl (C=O) groups excluding carboxylic acids is 1. The van der Waals surface area contributed by atoms with Crippen LogP contribution in [0.15, 0.2) is 30.5 Å². The molecule has 144 valence electrons. The maximum atomic E-state index is 13.3. The van der Waals surface area contributed by atoms with Crippen molar-refractivity contribution in [2.45, 2.75) is 26.3 Å². The van der Waals surface area contributed by atoms with Gasteiger partial charge in [-0.25, -0.2) is 4.98 Å². The van der Waals surface area contributed by atoms with Gasteiger partial charge in [-0.2, -0.15) is 5.10 Å². The molecule has 1 aromatic carbocycles. The van der Waals surface area contributed by atoms with Crippen molar-refractivity contribution in [1.29, 1.82) is 0 Å². The molecule has 0 radical (unpaired) electrons. The highest BCUT2D eigenvalue weighted by Crippen LogP contribution is 2.31. The van der Waals surface area contributed by atoms with Crippen LogP contribution in [0.1, 0.15) is 36.8 Å². The molecule has 0 bridgehead atoms. The summed E-state index contributed by atoms with van der Waals surface area (Å²) in [5.74, 6) is -0.0786. The Balaban J connectivity index is 1.96. The lowest BCUT2D eigenvalue weighted by Gasteiger charge is -2.22. The summed E-state index contributed by atoms with van der Waals surface area (Å²) >= 11 is 7.59. The van der Waals surface area contributed by atoms with Crippen molar-refractivity contribution in [2.75, 3.05) is 32.1 Å². The van der Waals surface area contributed by atoms with E-state index in [1.165, 1.54) is 11.3 Å². The van der Waals surface area contributed by atoms with Crippen molar-refractivity contribution in [3.63, 3.8) is 0 Å². The number of aromatic nitrogens is 3. The molecule has 0 saturated carbocycles. The summed E-state index contributed by atoms with van der Waals surface area (Å²) in [6.45, 7) is 5.51. The lowest BCUT2D eigenvalue weighted by atomic mass is 10.3. The molecule has 0 spiro atoms. The first-order chi connectivity index (χ1) is 12.9. The van der Waals surface area contributed by atoms with Crippen LogP contribution in [0, 0.1) is 0 Å². The number of hydrogen-bond donors (Lipinski definition) is 0. The van der Waals surface area contributed by atoms with Crippen LogP contribution in [0.2, 0.25) is 5.02 Å². The van der Waals surface area contributed by atoms with E-state index in [-0.39, 0.29) is 11.9 Å². The number of carbonyl (C=O) groups is 1. The van der Waals surface area contributed by atoms with E-state index in [1.807, 2.05) is 46.1 Å². The van der Waals surface area contributed by atoms with Gasteiger partial charge in [-0.15, -0.1) is 0 Å². The molecule has 3 aromatic rings. The third-order valence-corrected chi connectivity index (χ3v) is 5.46. The fourth-order valence-electron chi connectivity index (χ4n) is 2.86. The molecular weight excluding hydrogens is 382 g/mol. The van der Waals surface area contributed by atoms with Gasteiger partial charge >= 0.3 is 0 Å². The molecule has 0 aliphatic heterocycles. The number of anilines is 1. The highest BCUT2D eigenvalue weighted by molar-refractivity contribution is 7.22. The predicted molar refractivity (Wildman–Crippen MR) is 112 cm³/mol. The molecule has 2 heterocycles. The van der Waals surface area contributed by atoms with E-state index < -0.39 is 0 Å². The van der Waals surface area contributed by atoms with Crippen molar-refractivity contribution in [2.24, 2.45) is 0 Å². The molecule has 6 nitrogen and oxygen atoms in total. The van der Waals surface area contributed by atoms with Crippen LogP contribution in [0.3, 0.4) is 0 Å². The maximum Gasteiger partial charge on any atom is 0.278 e. The van der Waals surface area contributed by atoms with Crippen molar-refractivity contribution >= 4 is 44.2 Å². The van der Waals surface area contributed by atoms with Gasteiger partial charge in [0, 0.05) is 23.8 Å². The number of rotatable bonds is 7. The fourth-order valence-corrected chi connectivity index (χ4v) is 4.13. The van der Waals surface area contributed by atoms with Gasteiger partial charge in [0.1, 0.15) is 5.69 Å². The van der Waals surface area contributed by atoms with Gasteiger partial charge in [-0.3, -0.25) is 14.4 Å². The zero-order valence-corrected chi connectivity index (χ0v) is 17.6. The fraction of sp³-hybridized carbons (Fsp3) is 0.421. The molecule has 1 amide bonds. The van der Waals surface area contributed by atoms with Crippen LogP contribution in [0.25, 0.3) is 10.2 Å². The third-order valence-electron chi connectivity index (χ3n) is 4.18. The molecule has 0 atom stereocenters. The van der Waals surface area contributed by atoms with Gasteiger partial charge in [0.15, 0.2) is 5.13 Å². The second-order valence-corrected chi connectivity index (χ2v) is 8.42. The molecule has 0 unspecified atom stereocenters. The lowest BCUT2D eigenvalue weighted by Crippen LogP contribution is -2.35. The minimum atomic E-state index is -0.0786. The molecule has 0 saturated heterocycles. The van der Waals surface area contributed by atoms with Gasteiger partial charge in [0.2, 0.25) is 0 Å². The first kappa shape index (κ1) is 19.8. The van der Waals surface area contributed by atoms with E-state index in [2.05, 4.69) is 15.0 Å². The number of hydrogen-bond acceptors (Lipinski definition) is 5. The minimum Gasteiger partial charge on any atom is -0.309 e. The molecule has 0 aliphatic rings. The Hall–Kier alpha value is -1.96. The molecule has 8 heteroatoms. The highest BCUT2D eigenvalue weighted by atomic mass is 35.5. The summed E-state index contributed by atoms with van der Waals surface area (Å²) in [6, 6.07) is 7.47. The van der Waals surface area contributed by atoms with Crippen LogP contribution < -0.4 is 4.90 Å². The van der Waals surface area contributed by atoms with Crippen molar-refractivity contribution in [3.05, 3.63) is 41.2 Å². The molecule has 2 aromatic heterocycles. The van der Waals surface area contributed by atoms with E-state index in [4.69, 9.17) is 11.6 Å². The van der Waals surface area contributed by atoms with E-state index in [9.17, 15) is 4.79 Å². The monoisotopic (exact) mass is 405 g/mol. The normalized spacial score (nSPS) is 11.7. The van der Waals surface area contributed by atoms with Crippen LogP contribution in [-0.4, -0.2) is 52.8 Å². The number of amides is 1. The molecule has 0 N–H and O–H groups in total. The van der Waals surface area contributed by atoms with E-state index in [0.29, 0.717) is 22.4 Å². The quantitative estimate of drug-likeness (QED) is 0.587. The predicted octanol–water partition coefficient (Wildman–Crippen LogP) is 4.33. The first-order valence-electron chi connectivity index (χ1n) is 8.93. The van der Waals surface area contributed by atoms with Gasteiger partial charge in [-0.05, 0) is 65.2 Å². The highest BCUT2D eigenvalue weighted by Gasteiger charge is 2.24. The summed E-state index contributed by atoms with van der Waals surface area (Å²) in [7, 11) is 4.05. The van der Waals surface area contributed by atoms with Gasteiger partial charge in [0.25, 0.3) is 5.91 Å². The largest absolute Gasteiger partial charge is 0.309 e. The van der Waals surface area contributed by atoms with E-state index in [1.54, 1.807) is 21.8 Å². The van der Waals surface area contributed by atoms with Gasteiger partial charge in [-0.1, -0.05) is 22.9 Å². The van der Waals surface area contributed by atoms with Crippen molar-refractivity contribution < 1.29 is 4.79 Å². The third kappa shape index (κ3) is 4.48. The number of halogens is 1. The summed E-state index contributed by atoms with van der Waals surface area (Å²) in [5.41, 5.74) is 1.43. The van der Waals surface area contributed by atoms with Gasteiger partial charge < -0.3 is 4.90 Å². The Morgan fingerprint density at radius 1 is 1.26 bits per heavy atom. The van der Waals surface area contributed by atoms with Crippen LogP contribution in [0.4, 0.5) is 5.13 Å². The Bertz CT molecular complexity index is 933. The second kappa shape index (κ2) is 8.37. The van der Waals surface area contributed by atoms with Crippen molar-refractivity contribution in [1.82, 2.24) is 19.7 Å². The molecule has 0 aliphatic carbocycles. The SMILES string of the molecule is CC(C)n1nccc1C(=O)N(CCCN(C)C)c1nc2ccc(Cl)cc2s1. The Morgan fingerprint density at radius 2 is 2.04 bits per heavy atom. The minimum absolute atomic E-state index is 0.0786. The summed E-state index contributed by atoms with van der Waals surface area (Å²) in [6.07, 6.45) is 2.52. The molecule has 3 rings (SSSR count). The first-order valence-corrected chi connectivity index (χ1v) is 10.1. The summed E-state index contributed by atoms with van der Waals surface area (Å²) < 4.78 is 2.73. The van der Waals surface area contributed by atoms with Crippen LogP contribution >= 0.6 is 22.9 Å². The Labute approximate surface area is 168 Å². The molecule has 0 fully saturated rings. The number of nitrogens with zero attached hydrogens (tertiary/aromatic N) is 5. The smallest absolute Gasteiger partial charge is 0.278 e. The summed E-state index contributed by atoms with van der Waals surface area (Å²) in [4.78, 5) is 21.9. The average Bonchev–Trinajstić information content (AvgIpc) is 3.24. The molecule has 27 heavy (non-hydrogen) atoms. The second-order valence-electron chi connectivity index (χ2n) is 6.98. The Kier molecular flexibility index (Phi) is 6.14. The van der Waals surface area contributed by atoms with Crippen LogP contribution in [-0.2, 0) is 0 Å². The zero-order chi connectivity index (χ0) is 19.6. The topological polar surface area (TPSA) is 54.3 Å².